The maximum atomic E-state index is 12.4. The third kappa shape index (κ3) is 0.846. The Balaban J connectivity index is 2.68. The lowest BCUT2D eigenvalue weighted by Crippen LogP contribution is -2.47. The zero-order valence-corrected chi connectivity index (χ0v) is 7.79. The van der Waals surface area contributed by atoms with Gasteiger partial charge in [-0.25, -0.2) is 0 Å². The summed E-state index contributed by atoms with van der Waals surface area (Å²) in [7, 11) is 0. The number of ketones is 1. The predicted octanol–water partition coefficient (Wildman–Crippen LogP) is 2.51. The Bertz CT molecular complexity index is 449. The van der Waals surface area contributed by atoms with Crippen molar-refractivity contribution in [3.8, 4) is 0 Å². The average molecular weight is 177 g/mol. The topological polar surface area (TPSA) is 17.1 Å². The van der Waals surface area contributed by atoms with Gasteiger partial charge in [-0.15, -0.1) is 6.55 Å². The van der Waals surface area contributed by atoms with E-state index in [0.29, 0.717) is 0 Å². The molecular weight excluding hydrogens is 160 g/mol. The molecule has 0 amide bonds. The van der Waals surface area contributed by atoms with Crippen LogP contribution < -0.4 is 0 Å². The summed E-state index contributed by atoms with van der Waals surface area (Å²) >= 11 is 0. The fourth-order valence-electron chi connectivity index (χ4n) is 1.97. The Morgan fingerprint density at radius 3 is 3.23 bits per heavy atom. The van der Waals surface area contributed by atoms with Gasteiger partial charge < -0.3 is 0 Å². The minimum absolute atomic E-state index is 0.0861. The van der Waals surface area contributed by atoms with E-state index in [2.05, 4.69) is 0 Å². The molecule has 0 spiro atoms. The molecule has 0 aliphatic heterocycles. The molecule has 0 saturated heterocycles. The summed E-state index contributed by atoms with van der Waals surface area (Å²) < 4.78 is 22.9. The number of Topliss-reactive ketones (excluding diaryl/α,β-unsaturated/α-hetero) is 1. The molecule has 0 aromatic heterocycles. The van der Waals surface area contributed by atoms with Crippen LogP contribution in [0.1, 0.15) is 18.0 Å². The van der Waals surface area contributed by atoms with E-state index in [1.165, 1.54) is 6.08 Å². The summed E-state index contributed by atoms with van der Waals surface area (Å²) in [6.07, 6.45) is 5.07. The van der Waals surface area contributed by atoms with Gasteiger partial charge in [-0.2, -0.15) is 0 Å². The van der Waals surface area contributed by atoms with Crippen molar-refractivity contribution in [2.24, 2.45) is 16.7 Å². The van der Waals surface area contributed by atoms with E-state index < -0.39 is 16.7 Å². The highest BCUT2D eigenvalue weighted by molar-refractivity contribution is 5.97. The van der Waals surface area contributed by atoms with Crippen molar-refractivity contribution < 1.29 is 8.91 Å². The minimum Gasteiger partial charge on any atom is -0.297 e. The molecule has 0 unspecified atom stereocenters. The number of rotatable bonds is 1. The summed E-state index contributed by atoms with van der Waals surface area (Å²) in [6, 6.07) is 0.297. The van der Waals surface area contributed by atoms with Gasteiger partial charge in [-0.1, -0.05) is 30.3 Å². The van der Waals surface area contributed by atoms with Gasteiger partial charge in [0, 0.05) is 5.92 Å². The molecule has 3 aliphatic rings. The van der Waals surface area contributed by atoms with Crippen LogP contribution >= 0.6 is 0 Å². The van der Waals surface area contributed by atoms with E-state index in [1.54, 1.807) is 19.9 Å². The van der Waals surface area contributed by atoms with Crippen LogP contribution in [0.4, 0.5) is 0 Å². The first kappa shape index (κ1) is 5.58. The molecule has 0 radical (unpaired) electrons. The first-order valence-electron chi connectivity index (χ1n) is 5.94. The second-order valence-corrected chi connectivity index (χ2v) is 4.09. The second-order valence-electron chi connectivity index (χ2n) is 4.09. The Morgan fingerprint density at radius 2 is 2.54 bits per heavy atom. The summed E-state index contributed by atoms with van der Waals surface area (Å²) in [5.74, 6) is -0.479. The fourth-order valence-corrected chi connectivity index (χ4v) is 1.97. The molecule has 1 heteroatoms. The van der Waals surface area contributed by atoms with E-state index in [9.17, 15) is 4.79 Å². The molecule has 3 rings (SSSR count). The summed E-state index contributed by atoms with van der Waals surface area (Å²) in [5.41, 5.74) is -1.83. The Kier molecular flexibility index (Phi) is 0.955. The molecule has 0 aromatic rings. The van der Waals surface area contributed by atoms with Gasteiger partial charge in [-0.3, -0.25) is 4.79 Å². The summed E-state index contributed by atoms with van der Waals surface area (Å²) in [6.45, 7) is 4.52. The monoisotopic (exact) mass is 177 g/mol. The Labute approximate surface area is 83.0 Å². The van der Waals surface area contributed by atoms with Gasteiger partial charge in [0.15, 0.2) is 5.78 Å². The second kappa shape index (κ2) is 2.22. The van der Waals surface area contributed by atoms with Crippen LogP contribution in [-0.4, -0.2) is 5.78 Å². The van der Waals surface area contributed by atoms with Crippen molar-refractivity contribution in [1.29, 1.82) is 0 Å². The van der Waals surface area contributed by atoms with Crippen LogP contribution in [0, 0.1) is 16.7 Å². The van der Waals surface area contributed by atoms with Gasteiger partial charge in [-0.05, 0) is 13.8 Å². The first-order chi connectivity index (χ1) is 7.38. The Hall–Kier alpha value is -1.11. The highest BCUT2D eigenvalue weighted by Crippen LogP contribution is 2.48. The minimum atomic E-state index is -0.986. The number of hydrogen-bond donors (Lipinski definition) is 0. The summed E-state index contributed by atoms with van der Waals surface area (Å²) in [4.78, 5) is 12.4. The number of hydrogen-bond acceptors (Lipinski definition) is 1. The van der Waals surface area contributed by atoms with E-state index in [-0.39, 0.29) is 17.9 Å². The maximum absolute atomic E-state index is 12.4. The molecule has 0 heterocycles. The van der Waals surface area contributed by atoms with Crippen molar-refractivity contribution >= 4 is 5.78 Å². The highest BCUT2D eigenvalue weighted by atomic mass is 16.1. The fraction of sp³-hybridized carbons (Fsp3) is 0.417. The molecular formula is C12H14O. The molecule has 0 N–H and O–H groups in total. The van der Waals surface area contributed by atoms with Gasteiger partial charge in [0.2, 0.25) is 0 Å². The van der Waals surface area contributed by atoms with Gasteiger partial charge in [0.05, 0.1) is 14.9 Å². The van der Waals surface area contributed by atoms with Gasteiger partial charge in [0.1, 0.15) is 0 Å². The molecule has 0 saturated carbocycles. The normalized spacial score (nSPS) is 52.6. The van der Waals surface area contributed by atoms with E-state index in [4.69, 9.17) is 4.11 Å². The smallest absolute Gasteiger partial charge is 0.156 e. The zero-order valence-electron chi connectivity index (χ0n) is 10.8. The number of carbonyl (C=O) groups is 1. The van der Waals surface area contributed by atoms with E-state index in [0.717, 1.165) is 6.55 Å². The SMILES string of the molecule is [2H]C=C[C@@]1(C)C(=O)[C@]2(C)C=C[C@H]1C([2H])=C2[2H]. The number of carbonyl (C=O) groups excluding carboxylic acids is 1. The molecule has 2 bridgehead atoms. The molecule has 0 fully saturated rings. The van der Waals surface area contributed by atoms with Crippen molar-refractivity contribution in [2.75, 3.05) is 0 Å². The zero-order chi connectivity index (χ0) is 12.1. The first-order valence-corrected chi connectivity index (χ1v) is 4.36. The Morgan fingerprint density at radius 1 is 1.77 bits per heavy atom. The van der Waals surface area contributed by atoms with Crippen molar-refractivity contribution in [3.05, 3.63) is 36.9 Å². The van der Waals surface area contributed by atoms with Crippen LogP contribution in [0.3, 0.4) is 0 Å². The molecule has 0 aromatic carbocycles. The van der Waals surface area contributed by atoms with Gasteiger partial charge >= 0.3 is 0 Å². The third-order valence-electron chi connectivity index (χ3n) is 3.06. The molecule has 13 heavy (non-hydrogen) atoms. The average Bonchev–Trinajstić information content (AvgIpc) is 2.23. The number of fused-ring (bicyclic) bond motifs is 1. The predicted molar refractivity (Wildman–Crippen MR) is 53.2 cm³/mol. The van der Waals surface area contributed by atoms with Crippen LogP contribution in [0.2, 0.25) is 0 Å². The maximum Gasteiger partial charge on any atom is 0.156 e. The lowest BCUT2D eigenvalue weighted by molar-refractivity contribution is -0.133. The number of allylic oxidation sites excluding steroid dienone is 5. The van der Waals surface area contributed by atoms with Crippen molar-refractivity contribution in [1.82, 2.24) is 0 Å². The highest BCUT2D eigenvalue weighted by Gasteiger charge is 2.49. The van der Waals surface area contributed by atoms with Crippen LogP contribution in [0.15, 0.2) is 36.9 Å². The molecule has 1 nitrogen and oxygen atoms in total. The quantitative estimate of drug-likeness (QED) is 0.562. The lowest BCUT2D eigenvalue weighted by atomic mass is 9.57. The van der Waals surface area contributed by atoms with Crippen LogP contribution in [0.5, 0.6) is 0 Å². The molecule has 68 valence electrons. The van der Waals surface area contributed by atoms with Gasteiger partial charge in [0.25, 0.3) is 0 Å². The van der Waals surface area contributed by atoms with E-state index >= 15 is 0 Å². The standard InChI is InChI=1S/C12H14O/c1-4-12(3)9-5-7-11(2,8-6-9)10(12)13/h4-9H,1H2,2-3H3/t9-,11+,12-/m1/s1/i1D,5D,7D. The van der Waals surface area contributed by atoms with Crippen molar-refractivity contribution in [3.63, 3.8) is 0 Å². The largest absolute Gasteiger partial charge is 0.297 e. The van der Waals surface area contributed by atoms with Crippen LogP contribution in [-0.2, 0) is 4.79 Å². The third-order valence-corrected chi connectivity index (χ3v) is 3.06. The molecule has 3 atom stereocenters. The summed E-state index contributed by atoms with van der Waals surface area (Å²) in [5, 5.41) is 0. The van der Waals surface area contributed by atoms with Crippen molar-refractivity contribution in [2.45, 2.75) is 13.8 Å². The van der Waals surface area contributed by atoms with Crippen LogP contribution in [0.25, 0.3) is 0 Å². The van der Waals surface area contributed by atoms with E-state index in [1.807, 2.05) is 6.08 Å². The molecule has 3 aliphatic carbocycles. The lowest BCUT2D eigenvalue weighted by Gasteiger charge is -2.44.